The van der Waals surface area contributed by atoms with Gasteiger partial charge in [0.15, 0.2) is 11.4 Å². The Bertz CT molecular complexity index is 720. The largest absolute Gasteiger partial charge is 0.478 e. The predicted molar refractivity (Wildman–Crippen MR) is 63.4 cm³/mol. The molecule has 0 aliphatic rings. The number of carboxylic acids is 4. The zero-order chi connectivity index (χ0) is 17.2. The fourth-order valence-corrected chi connectivity index (χ4v) is 1.61. The second-order valence-corrected chi connectivity index (χ2v) is 3.65. The first kappa shape index (κ1) is 16.6. The molecule has 11 heteroatoms. The van der Waals surface area contributed by atoms with Crippen molar-refractivity contribution in [1.29, 1.82) is 0 Å². The van der Waals surface area contributed by atoms with Gasteiger partial charge >= 0.3 is 29.8 Å². The number of rotatable bonds is 5. The van der Waals surface area contributed by atoms with Crippen LogP contribution >= 0.6 is 0 Å². The standard InChI is InChI=1S/C11H7NO10/c1-22-11(21)6-4(9(17)18)2(7(13)14)3(8(15)16)5(12-6)10(19)20/h1H3,(H,13,14)(H,15,16)(H,17,18)(H,19,20). The lowest BCUT2D eigenvalue weighted by Crippen LogP contribution is -2.25. The molecule has 0 spiro atoms. The zero-order valence-electron chi connectivity index (χ0n) is 10.7. The van der Waals surface area contributed by atoms with Gasteiger partial charge in [-0.25, -0.2) is 29.0 Å². The van der Waals surface area contributed by atoms with Gasteiger partial charge in [0.1, 0.15) is 11.1 Å². The van der Waals surface area contributed by atoms with Crippen LogP contribution in [-0.4, -0.2) is 62.4 Å². The molecule has 22 heavy (non-hydrogen) atoms. The molecule has 1 aromatic heterocycles. The van der Waals surface area contributed by atoms with Crippen molar-refractivity contribution in [1.82, 2.24) is 4.98 Å². The van der Waals surface area contributed by atoms with E-state index in [2.05, 4.69) is 9.72 Å². The van der Waals surface area contributed by atoms with Gasteiger partial charge in [0, 0.05) is 0 Å². The van der Waals surface area contributed by atoms with Gasteiger partial charge in [-0.05, 0) is 0 Å². The molecule has 11 nitrogen and oxygen atoms in total. The molecule has 0 unspecified atom stereocenters. The van der Waals surface area contributed by atoms with Gasteiger partial charge in [0.25, 0.3) is 0 Å². The molecule has 0 amide bonds. The van der Waals surface area contributed by atoms with Gasteiger partial charge in [-0.1, -0.05) is 0 Å². The summed E-state index contributed by atoms with van der Waals surface area (Å²) in [5.74, 6) is -9.45. The molecule has 0 aliphatic carbocycles. The monoisotopic (exact) mass is 313 g/mol. The summed E-state index contributed by atoms with van der Waals surface area (Å²) >= 11 is 0. The minimum atomic E-state index is -2.05. The Labute approximate surface area is 120 Å². The van der Waals surface area contributed by atoms with Crippen molar-refractivity contribution in [3.63, 3.8) is 0 Å². The lowest BCUT2D eigenvalue weighted by Gasteiger charge is -2.12. The molecule has 4 N–H and O–H groups in total. The first-order valence-corrected chi connectivity index (χ1v) is 5.22. The molecule has 1 rings (SSSR count). The molecule has 0 aliphatic heterocycles. The maximum Gasteiger partial charge on any atom is 0.357 e. The summed E-state index contributed by atoms with van der Waals surface area (Å²) in [6.45, 7) is 0. The molecular weight excluding hydrogens is 306 g/mol. The van der Waals surface area contributed by atoms with Crippen LogP contribution in [0.25, 0.3) is 0 Å². The van der Waals surface area contributed by atoms with Crippen molar-refractivity contribution in [2.75, 3.05) is 7.11 Å². The van der Waals surface area contributed by atoms with Crippen LogP contribution in [-0.2, 0) is 4.74 Å². The molecule has 1 heterocycles. The highest BCUT2D eigenvalue weighted by atomic mass is 16.5. The first-order chi connectivity index (χ1) is 10.1. The Morgan fingerprint density at radius 1 is 0.727 bits per heavy atom. The number of carbonyl (C=O) groups excluding carboxylic acids is 1. The van der Waals surface area contributed by atoms with E-state index in [1.165, 1.54) is 0 Å². The number of esters is 1. The average molecular weight is 313 g/mol. The summed E-state index contributed by atoms with van der Waals surface area (Å²) < 4.78 is 4.20. The van der Waals surface area contributed by atoms with E-state index in [9.17, 15) is 24.0 Å². The Morgan fingerprint density at radius 2 is 1.14 bits per heavy atom. The molecule has 0 bridgehead atoms. The van der Waals surface area contributed by atoms with Gasteiger partial charge in [-0.15, -0.1) is 0 Å². The summed E-state index contributed by atoms with van der Waals surface area (Å²) in [7, 11) is 0.821. The highest BCUT2D eigenvalue weighted by Crippen LogP contribution is 2.23. The highest BCUT2D eigenvalue weighted by molar-refractivity contribution is 6.16. The van der Waals surface area contributed by atoms with Crippen LogP contribution in [0.1, 0.15) is 52.1 Å². The number of carboxylic acid groups (broad SMARTS) is 4. The molecule has 0 aromatic carbocycles. The molecule has 0 atom stereocenters. The van der Waals surface area contributed by atoms with E-state index in [1.807, 2.05) is 0 Å². The van der Waals surface area contributed by atoms with Crippen LogP contribution in [0.4, 0.5) is 0 Å². The number of carbonyl (C=O) groups is 5. The number of ether oxygens (including phenoxy) is 1. The summed E-state index contributed by atoms with van der Waals surface area (Å²) in [4.78, 5) is 59.1. The zero-order valence-corrected chi connectivity index (χ0v) is 10.7. The fraction of sp³-hybridized carbons (Fsp3) is 0.0909. The number of aromatic nitrogens is 1. The van der Waals surface area contributed by atoms with E-state index in [-0.39, 0.29) is 0 Å². The van der Waals surface area contributed by atoms with Gasteiger partial charge < -0.3 is 25.2 Å². The number of hydrogen-bond donors (Lipinski definition) is 4. The molecule has 0 saturated heterocycles. The molecular formula is C11H7NO10. The second kappa shape index (κ2) is 5.87. The Balaban J connectivity index is 4.11. The maximum atomic E-state index is 11.5. The molecule has 0 saturated carbocycles. The van der Waals surface area contributed by atoms with Crippen molar-refractivity contribution in [3.8, 4) is 0 Å². The number of hydrogen-bond acceptors (Lipinski definition) is 7. The fourth-order valence-electron chi connectivity index (χ4n) is 1.61. The maximum absolute atomic E-state index is 11.5. The van der Waals surface area contributed by atoms with Gasteiger partial charge in [-0.2, -0.15) is 0 Å². The van der Waals surface area contributed by atoms with Crippen LogP contribution < -0.4 is 0 Å². The van der Waals surface area contributed by atoms with E-state index in [0.29, 0.717) is 0 Å². The van der Waals surface area contributed by atoms with E-state index >= 15 is 0 Å². The van der Waals surface area contributed by atoms with Crippen molar-refractivity contribution >= 4 is 29.8 Å². The topological polar surface area (TPSA) is 188 Å². The van der Waals surface area contributed by atoms with E-state index in [4.69, 9.17) is 20.4 Å². The van der Waals surface area contributed by atoms with Gasteiger partial charge in [0.2, 0.25) is 0 Å². The number of methoxy groups -OCH3 is 1. The van der Waals surface area contributed by atoms with Crippen LogP contribution in [0, 0.1) is 0 Å². The third kappa shape index (κ3) is 2.67. The summed E-state index contributed by atoms with van der Waals surface area (Å²) in [5, 5.41) is 35.9. The summed E-state index contributed by atoms with van der Waals surface area (Å²) in [6, 6.07) is 0. The van der Waals surface area contributed by atoms with Gasteiger partial charge in [0.05, 0.1) is 12.7 Å². The summed E-state index contributed by atoms with van der Waals surface area (Å²) in [5.41, 5.74) is -6.44. The van der Waals surface area contributed by atoms with E-state index in [0.717, 1.165) is 7.11 Å². The first-order valence-electron chi connectivity index (χ1n) is 5.22. The SMILES string of the molecule is COC(=O)c1nc(C(=O)O)c(C(=O)O)c(C(=O)O)c1C(=O)O. The smallest absolute Gasteiger partial charge is 0.357 e. The normalized spacial score (nSPS) is 9.86. The van der Waals surface area contributed by atoms with E-state index < -0.39 is 57.9 Å². The minimum absolute atomic E-state index is 0.821. The minimum Gasteiger partial charge on any atom is -0.478 e. The van der Waals surface area contributed by atoms with Crippen LogP contribution in [0.3, 0.4) is 0 Å². The Hall–Kier alpha value is -3.50. The van der Waals surface area contributed by atoms with E-state index in [1.54, 1.807) is 0 Å². The third-order valence-corrected chi connectivity index (χ3v) is 2.42. The number of nitrogens with zero attached hydrogens (tertiary/aromatic N) is 1. The second-order valence-electron chi connectivity index (χ2n) is 3.65. The summed E-state index contributed by atoms with van der Waals surface area (Å²) in [6.07, 6.45) is 0. The predicted octanol–water partition coefficient (Wildman–Crippen LogP) is -0.339. The molecule has 0 radical (unpaired) electrons. The van der Waals surface area contributed by atoms with Crippen LogP contribution in [0.2, 0.25) is 0 Å². The van der Waals surface area contributed by atoms with Crippen LogP contribution in [0.5, 0.6) is 0 Å². The Morgan fingerprint density at radius 3 is 1.45 bits per heavy atom. The lowest BCUT2D eigenvalue weighted by atomic mass is 9.97. The van der Waals surface area contributed by atoms with Crippen molar-refractivity contribution in [2.45, 2.75) is 0 Å². The molecule has 0 fully saturated rings. The number of pyridine rings is 1. The van der Waals surface area contributed by atoms with Crippen molar-refractivity contribution < 1.29 is 49.1 Å². The Kier molecular flexibility index (Phi) is 4.41. The quantitative estimate of drug-likeness (QED) is 0.520. The highest BCUT2D eigenvalue weighted by Gasteiger charge is 2.36. The van der Waals surface area contributed by atoms with Crippen molar-refractivity contribution in [2.24, 2.45) is 0 Å². The van der Waals surface area contributed by atoms with Crippen LogP contribution in [0.15, 0.2) is 0 Å². The van der Waals surface area contributed by atoms with Gasteiger partial charge in [-0.3, -0.25) is 0 Å². The third-order valence-electron chi connectivity index (χ3n) is 2.42. The average Bonchev–Trinajstić information content (AvgIpc) is 2.43. The molecule has 1 aromatic rings. The lowest BCUT2D eigenvalue weighted by molar-refractivity contribution is 0.0564. The number of aromatic carboxylic acids is 4. The van der Waals surface area contributed by atoms with Crippen molar-refractivity contribution in [3.05, 3.63) is 28.1 Å². The molecule has 116 valence electrons.